The maximum absolute atomic E-state index is 6.12. The Bertz CT molecular complexity index is 797. The number of rotatable bonds is 3. The van der Waals surface area contributed by atoms with E-state index in [9.17, 15) is 0 Å². The molecule has 0 saturated carbocycles. The van der Waals surface area contributed by atoms with E-state index < -0.39 is 0 Å². The molecule has 3 nitrogen and oxygen atoms in total. The van der Waals surface area contributed by atoms with Crippen LogP contribution in [0, 0.1) is 0 Å². The third-order valence-corrected chi connectivity index (χ3v) is 4.18. The quantitative estimate of drug-likeness (QED) is 0.621. The second-order valence-corrected chi connectivity index (χ2v) is 5.53. The number of hydrogen-bond donors (Lipinski definition) is 0. The van der Waals surface area contributed by atoms with Crippen molar-refractivity contribution in [3.8, 4) is 11.4 Å². The summed E-state index contributed by atoms with van der Waals surface area (Å²) < 4.78 is 7.14. The fourth-order valence-electron chi connectivity index (χ4n) is 2.23. The zero-order valence-corrected chi connectivity index (χ0v) is 13.4. The molecule has 21 heavy (non-hydrogen) atoms. The lowest BCUT2D eigenvalue weighted by molar-refractivity contribution is 0.414. The Morgan fingerprint density at radius 3 is 2.38 bits per heavy atom. The highest BCUT2D eigenvalue weighted by molar-refractivity contribution is 6.42. The van der Waals surface area contributed by atoms with Gasteiger partial charge < -0.3 is 4.74 Å². The zero-order chi connectivity index (χ0) is 15.0. The summed E-state index contributed by atoms with van der Waals surface area (Å²) in [5.74, 6) is 1.81. The minimum atomic E-state index is 0.288. The molecule has 2 aromatic carbocycles. The number of hydrogen-bond acceptors (Lipinski definition) is 2. The summed E-state index contributed by atoms with van der Waals surface area (Å²) >= 11 is 18.2. The first-order chi connectivity index (χ1) is 10.1. The Labute approximate surface area is 137 Å². The summed E-state index contributed by atoms with van der Waals surface area (Å²) in [6.07, 6.45) is 0. The van der Waals surface area contributed by atoms with Crippen LogP contribution in [0.3, 0.4) is 0 Å². The Hall–Kier alpha value is -1.42. The number of alkyl halides is 1. The summed E-state index contributed by atoms with van der Waals surface area (Å²) in [5, 5.41) is 0.963. The van der Waals surface area contributed by atoms with Crippen molar-refractivity contribution in [1.82, 2.24) is 9.55 Å². The molecule has 1 aromatic heterocycles. The standard InChI is InChI=1S/C15H11Cl3N2O/c1-21-10-4-2-9(3-5-10)20-14-7-12(18)11(17)6-13(14)19-15(20)8-16/h2-7H,8H2,1H3. The van der Waals surface area contributed by atoms with Gasteiger partial charge in [0.1, 0.15) is 11.6 Å². The van der Waals surface area contributed by atoms with Gasteiger partial charge in [0.15, 0.2) is 0 Å². The number of methoxy groups -OCH3 is 1. The van der Waals surface area contributed by atoms with Gasteiger partial charge in [-0.15, -0.1) is 11.6 Å². The molecule has 1 heterocycles. The molecule has 3 rings (SSSR count). The first-order valence-corrected chi connectivity index (χ1v) is 7.50. The van der Waals surface area contributed by atoms with Gasteiger partial charge in [-0.25, -0.2) is 4.98 Å². The lowest BCUT2D eigenvalue weighted by Gasteiger charge is -2.09. The van der Waals surface area contributed by atoms with Crippen LogP contribution in [0.2, 0.25) is 10.0 Å². The monoisotopic (exact) mass is 340 g/mol. The van der Waals surface area contributed by atoms with E-state index in [0.717, 1.165) is 28.3 Å². The van der Waals surface area contributed by atoms with E-state index in [-0.39, 0.29) is 5.88 Å². The minimum Gasteiger partial charge on any atom is -0.497 e. The highest BCUT2D eigenvalue weighted by atomic mass is 35.5. The number of imidazole rings is 1. The second-order valence-electron chi connectivity index (χ2n) is 4.45. The van der Waals surface area contributed by atoms with Gasteiger partial charge in [-0.2, -0.15) is 0 Å². The third-order valence-electron chi connectivity index (χ3n) is 3.22. The van der Waals surface area contributed by atoms with E-state index in [2.05, 4.69) is 4.98 Å². The number of aromatic nitrogens is 2. The largest absolute Gasteiger partial charge is 0.497 e. The van der Waals surface area contributed by atoms with Crippen LogP contribution >= 0.6 is 34.8 Å². The Morgan fingerprint density at radius 2 is 1.76 bits per heavy atom. The summed E-state index contributed by atoms with van der Waals surface area (Å²) in [6.45, 7) is 0. The normalized spacial score (nSPS) is 11.0. The molecule has 0 saturated heterocycles. The summed E-state index contributed by atoms with van der Waals surface area (Å²) in [7, 11) is 1.63. The average molecular weight is 342 g/mol. The van der Waals surface area contributed by atoms with Gasteiger partial charge in [-0.05, 0) is 36.4 Å². The van der Waals surface area contributed by atoms with Gasteiger partial charge in [0.2, 0.25) is 0 Å². The number of ether oxygens (including phenoxy) is 1. The Kier molecular flexibility index (Phi) is 3.98. The van der Waals surface area contributed by atoms with Gasteiger partial charge in [0.25, 0.3) is 0 Å². The predicted octanol–water partition coefficient (Wildman–Crippen LogP) is 5.08. The fourth-order valence-corrected chi connectivity index (χ4v) is 2.73. The van der Waals surface area contributed by atoms with E-state index in [1.165, 1.54) is 0 Å². The van der Waals surface area contributed by atoms with Crippen LogP contribution in [-0.4, -0.2) is 16.7 Å². The molecule has 108 valence electrons. The van der Waals surface area contributed by atoms with E-state index in [1.807, 2.05) is 28.8 Å². The van der Waals surface area contributed by atoms with Gasteiger partial charge in [-0.1, -0.05) is 23.2 Å². The maximum atomic E-state index is 6.12. The Balaban J connectivity index is 2.25. The molecular weight excluding hydrogens is 331 g/mol. The zero-order valence-electron chi connectivity index (χ0n) is 11.1. The first-order valence-electron chi connectivity index (χ1n) is 6.21. The molecule has 0 aliphatic rings. The average Bonchev–Trinajstić information content (AvgIpc) is 2.85. The number of fused-ring (bicyclic) bond motifs is 1. The lowest BCUT2D eigenvalue weighted by atomic mass is 10.2. The highest BCUT2D eigenvalue weighted by Gasteiger charge is 2.14. The van der Waals surface area contributed by atoms with Gasteiger partial charge in [0, 0.05) is 5.69 Å². The number of halogens is 3. The summed E-state index contributed by atoms with van der Waals surface area (Å²) in [5.41, 5.74) is 2.56. The summed E-state index contributed by atoms with van der Waals surface area (Å²) in [4.78, 5) is 4.51. The van der Waals surface area contributed by atoms with E-state index in [0.29, 0.717) is 10.0 Å². The van der Waals surface area contributed by atoms with Crippen LogP contribution in [0.25, 0.3) is 16.7 Å². The molecule has 0 aliphatic heterocycles. The van der Waals surface area contributed by atoms with Crippen molar-refractivity contribution in [2.24, 2.45) is 0 Å². The third kappa shape index (κ3) is 2.57. The van der Waals surface area contributed by atoms with Crippen molar-refractivity contribution < 1.29 is 4.74 Å². The Morgan fingerprint density at radius 1 is 1.10 bits per heavy atom. The molecule has 3 aromatic rings. The fraction of sp³-hybridized carbons (Fsp3) is 0.133. The van der Waals surface area contributed by atoms with Gasteiger partial charge in [0.05, 0.1) is 34.1 Å². The minimum absolute atomic E-state index is 0.288. The SMILES string of the molecule is COc1ccc(-n2c(CCl)nc3cc(Cl)c(Cl)cc32)cc1. The van der Waals surface area contributed by atoms with Crippen molar-refractivity contribution in [3.05, 3.63) is 52.3 Å². The van der Waals surface area contributed by atoms with Crippen molar-refractivity contribution in [3.63, 3.8) is 0 Å². The van der Waals surface area contributed by atoms with E-state index in [1.54, 1.807) is 19.2 Å². The van der Waals surface area contributed by atoms with Crippen molar-refractivity contribution in [2.75, 3.05) is 7.11 Å². The molecular formula is C15H11Cl3N2O. The molecule has 0 unspecified atom stereocenters. The smallest absolute Gasteiger partial charge is 0.129 e. The topological polar surface area (TPSA) is 27.1 Å². The molecule has 0 spiro atoms. The van der Waals surface area contributed by atoms with E-state index in [4.69, 9.17) is 39.5 Å². The maximum Gasteiger partial charge on any atom is 0.129 e. The molecule has 0 atom stereocenters. The second kappa shape index (κ2) is 5.76. The molecule has 0 bridgehead atoms. The van der Waals surface area contributed by atoms with Crippen molar-refractivity contribution in [2.45, 2.75) is 5.88 Å². The van der Waals surface area contributed by atoms with Gasteiger partial charge >= 0.3 is 0 Å². The van der Waals surface area contributed by atoms with Crippen LogP contribution in [0.5, 0.6) is 5.75 Å². The van der Waals surface area contributed by atoms with Crippen molar-refractivity contribution >= 4 is 45.8 Å². The lowest BCUT2D eigenvalue weighted by Crippen LogP contribution is -1.99. The van der Waals surface area contributed by atoms with Crippen LogP contribution in [0.15, 0.2) is 36.4 Å². The number of benzene rings is 2. The summed E-state index contributed by atoms with van der Waals surface area (Å²) in [6, 6.07) is 11.2. The highest BCUT2D eigenvalue weighted by Crippen LogP contribution is 2.31. The molecule has 0 radical (unpaired) electrons. The predicted molar refractivity (Wildman–Crippen MR) is 87.2 cm³/mol. The van der Waals surface area contributed by atoms with Crippen LogP contribution in [0.4, 0.5) is 0 Å². The molecule has 0 N–H and O–H groups in total. The van der Waals surface area contributed by atoms with Crippen LogP contribution in [0.1, 0.15) is 5.82 Å². The first kappa shape index (κ1) is 14.5. The van der Waals surface area contributed by atoms with Crippen molar-refractivity contribution in [1.29, 1.82) is 0 Å². The van der Waals surface area contributed by atoms with Gasteiger partial charge in [-0.3, -0.25) is 4.57 Å². The molecule has 0 fully saturated rings. The van der Waals surface area contributed by atoms with Crippen LogP contribution in [-0.2, 0) is 5.88 Å². The van der Waals surface area contributed by atoms with Crippen LogP contribution < -0.4 is 4.74 Å². The molecule has 6 heteroatoms. The molecule has 0 amide bonds. The number of nitrogens with zero attached hydrogens (tertiary/aromatic N) is 2. The molecule has 0 aliphatic carbocycles. The van der Waals surface area contributed by atoms with E-state index >= 15 is 0 Å².